The van der Waals surface area contributed by atoms with Gasteiger partial charge in [-0.05, 0) is 29.3 Å². The Labute approximate surface area is 112 Å². The average molecular weight is 246 g/mol. The van der Waals surface area contributed by atoms with Gasteiger partial charge in [0.15, 0.2) is 0 Å². The highest BCUT2D eigenvalue weighted by Gasteiger charge is 2.32. The zero-order valence-corrected chi connectivity index (χ0v) is 10.5. The summed E-state index contributed by atoms with van der Waals surface area (Å²) in [4.78, 5) is 0. The van der Waals surface area contributed by atoms with Crippen LogP contribution in [-0.4, -0.2) is 5.60 Å². The maximum atomic E-state index is 6.24. The summed E-state index contributed by atoms with van der Waals surface area (Å²) in [5, 5.41) is 0. The molecule has 0 radical (unpaired) electrons. The van der Waals surface area contributed by atoms with Crippen molar-refractivity contribution >= 4 is 12.2 Å². The minimum atomic E-state index is -0.317. The van der Waals surface area contributed by atoms with E-state index in [-0.39, 0.29) is 5.60 Å². The van der Waals surface area contributed by atoms with E-state index in [2.05, 4.69) is 54.6 Å². The van der Waals surface area contributed by atoms with E-state index in [0.29, 0.717) is 0 Å². The summed E-state index contributed by atoms with van der Waals surface area (Å²) in [7, 11) is 0. The molecule has 4 rings (SSSR count). The Morgan fingerprint density at radius 3 is 2.37 bits per heavy atom. The van der Waals surface area contributed by atoms with Crippen molar-refractivity contribution in [1.29, 1.82) is 0 Å². The van der Waals surface area contributed by atoms with Crippen LogP contribution >= 0.6 is 0 Å². The molecule has 1 aliphatic heterocycles. The molecule has 92 valence electrons. The molecule has 0 saturated carbocycles. The Kier molecular flexibility index (Phi) is 2.16. The van der Waals surface area contributed by atoms with Crippen LogP contribution in [0.15, 0.2) is 60.7 Å². The normalized spacial score (nSPS) is 22.7. The summed E-state index contributed by atoms with van der Waals surface area (Å²) in [5.74, 6) is 0.967. The van der Waals surface area contributed by atoms with Gasteiger partial charge in [-0.25, -0.2) is 0 Å². The summed E-state index contributed by atoms with van der Waals surface area (Å²) in [6, 6.07) is 16.7. The fraction of sp³-hybridized carbons (Fsp3) is 0.111. The van der Waals surface area contributed by atoms with Crippen molar-refractivity contribution in [2.45, 2.75) is 12.0 Å². The van der Waals surface area contributed by atoms with Gasteiger partial charge in [-0.3, -0.25) is 0 Å². The zero-order chi connectivity index (χ0) is 12.7. The maximum absolute atomic E-state index is 6.24. The first kappa shape index (κ1) is 10.6. The first-order valence-electron chi connectivity index (χ1n) is 6.59. The average Bonchev–Trinajstić information content (AvgIpc) is 2.47. The van der Waals surface area contributed by atoms with Crippen LogP contribution in [0.3, 0.4) is 0 Å². The van der Waals surface area contributed by atoms with E-state index in [1.807, 2.05) is 18.2 Å². The lowest BCUT2D eigenvalue weighted by molar-refractivity contribution is 0.168. The van der Waals surface area contributed by atoms with E-state index in [9.17, 15) is 0 Å². The SMILES string of the molecule is C1=CC2(C=Cc3ccccc3O2)Cc2ccccc21. The molecule has 1 heteroatoms. The van der Waals surface area contributed by atoms with Crippen LogP contribution < -0.4 is 4.74 Å². The summed E-state index contributed by atoms with van der Waals surface area (Å²) < 4.78 is 6.24. The van der Waals surface area contributed by atoms with Gasteiger partial charge < -0.3 is 4.74 Å². The smallest absolute Gasteiger partial charge is 0.150 e. The van der Waals surface area contributed by atoms with Crippen LogP contribution in [0.1, 0.15) is 16.7 Å². The number of fused-ring (bicyclic) bond motifs is 2. The number of hydrogen-bond acceptors (Lipinski definition) is 1. The van der Waals surface area contributed by atoms with Gasteiger partial charge in [-0.2, -0.15) is 0 Å². The molecule has 0 aromatic heterocycles. The molecule has 1 aliphatic carbocycles. The van der Waals surface area contributed by atoms with Gasteiger partial charge in [0.25, 0.3) is 0 Å². The quantitative estimate of drug-likeness (QED) is 0.680. The lowest BCUT2D eigenvalue weighted by Crippen LogP contribution is -2.37. The van der Waals surface area contributed by atoms with Gasteiger partial charge in [0, 0.05) is 12.0 Å². The van der Waals surface area contributed by atoms with Crippen LogP contribution in [-0.2, 0) is 6.42 Å². The van der Waals surface area contributed by atoms with Crippen molar-refractivity contribution in [3.63, 3.8) is 0 Å². The van der Waals surface area contributed by atoms with Crippen LogP contribution in [0.25, 0.3) is 12.2 Å². The second kappa shape index (κ2) is 3.86. The molecule has 2 aliphatic rings. The molecule has 0 bridgehead atoms. The minimum absolute atomic E-state index is 0.317. The van der Waals surface area contributed by atoms with E-state index in [4.69, 9.17) is 4.74 Å². The maximum Gasteiger partial charge on any atom is 0.150 e. The topological polar surface area (TPSA) is 9.23 Å². The number of benzene rings is 2. The fourth-order valence-corrected chi connectivity index (χ4v) is 2.81. The summed E-state index contributed by atoms with van der Waals surface area (Å²) >= 11 is 0. The third-order valence-corrected chi connectivity index (χ3v) is 3.83. The van der Waals surface area contributed by atoms with Crippen LogP contribution in [0.4, 0.5) is 0 Å². The van der Waals surface area contributed by atoms with Crippen LogP contribution in [0.5, 0.6) is 5.75 Å². The molecular formula is C18H14O. The predicted octanol–water partition coefficient (Wildman–Crippen LogP) is 4.10. The van der Waals surface area contributed by atoms with Crippen molar-refractivity contribution in [3.8, 4) is 5.75 Å². The molecule has 19 heavy (non-hydrogen) atoms. The lowest BCUT2D eigenvalue weighted by atomic mass is 9.84. The molecule has 0 amide bonds. The van der Waals surface area contributed by atoms with E-state index >= 15 is 0 Å². The van der Waals surface area contributed by atoms with Crippen molar-refractivity contribution < 1.29 is 4.74 Å². The minimum Gasteiger partial charge on any atom is -0.478 e. The molecular weight excluding hydrogens is 232 g/mol. The first-order chi connectivity index (χ1) is 9.35. The Bertz CT molecular complexity index is 633. The highest BCUT2D eigenvalue weighted by Crippen LogP contribution is 2.37. The van der Waals surface area contributed by atoms with Crippen molar-refractivity contribution in [1.82, 2.24) is 0 Å². The highest BCUT2D eigenvalue weighted by molar-refractivity contribution is 5.66. The highest BCUT2D eigenvalue weighted by atomic mass is 16.5. The largest absolute Gasteiger partial charge is 0.478 e. The van der Waals surface area contributed by atoms with Gasteiger partial charge in [0.05, 0.1) is 0 Å². The molecule has 2 aromatic carbocycles. The molecule has 0 N–H and O–H groups in total. The molecule has 0 saturated heterocycles. The van der Waals surface area contributed by atoms with Crippen molar-refractivity contribution in [2.75, 3.05) is 0 Å². The standard InChI is InChI=1S/C18H14O/c1-2-7-16-13-18(11-9-14(16)5-1)12-10-15-6-3-4-8-17(15)19-18/h1-12H,13H2. The number of ether oxygens (including phenoxy) is 1. The Morgan fingerprint density at radius 1 is 0.789 bits per heavy atom. The zero-order valence-electron chi connectivity index (χ0n) is 10.5. The van der Waals surface area contributed by atoms with E-state index in [1.165, 1.54) is 11.1 Å². The van der Waals surface area contributed by atoms with Crippen LogP contribution in [0, 0.1) is 0 Å². The summed E-state index contributed by atoms with van der Waals surface area (Å²) in [5.41, 5.74) is 3.47. The van der Waals surface area contributed by atoms with Gasteiger partial charge in [-0.1, -0.05) is 54.6 Å². The molecule has 2 aromatic rings. The van der Waals surface area contributed by atoms with E-state index in [1.54, 1.807) is 0 Å². The van der Waals surface area contributed by atoms with E-state index in [0.717, 1.165) is 17.7 Å². The number of hydrogen-bond donors (Lipinski definition) is 0. The molecule has 1 nitrogen and oxygen atoms in total. The molecule has 1 heterocycles. The van der Waals surface area contributed by atoms with Crippen molar-refractivity contribution in [3.05, 3.63) is 77.4 Å². The van der Waals surface area contributed by atoms with Gasteiger partial charge >= 0.3 is 0 Å². The van der Waals surface area contributed by atoms with Crippen LogP contribution in [0.2, 0.25) is 0 Å². The molecule has 1 atom stereocenters. The molecule has 1 unspecified atom stereocenters. The number of rotatable bonds is 0. The lowest BCUT2D eigenvalue weighted by Gasteiger charge is -2.35. The Morgan fingerprint density at radius 2 is 1.47 bits per heavy atom. The third-order valence-electron chi connectivity index (χ3n) is 3.83. The van der Waals surface area contributed by atoms with E-state index < -0.39 is 0 Å². The second-order valence-corrected chi connectivity index (χ2v) is 5.14. The van der Waals surface area contributed by atoms with Gasteiger partial charge in [0.2, 0.25) is 0 Å². The fourth-order valence-electron chi connectivity index (χ4n) is 2.81. The Hall–Kier alpha value is -2.28. The summed E-state index contributed by atoms with van der Waals surface area (Å²) in [6.07, 6.45) is 9.56. The van der Waals surface area contributed by atoms with Gasteiger partial charge in [-0.15, -0.1) is 0 Å². The summed E-state index contributed by atoms with van der Waals surface area (Å²) in [6.45, 7) is 0. The number of para-hydroxylation sites is 1. The third kappa shape index (κ3) is 1.70. The first-order valence-corrected chi connectivity index (χ1v) is 6.59. The molecule has 0 fully saturated rings. The van der Waals surface area contributed by atoms with Crippen molar-refractivity contribution in [2.24, 2.45) is 0 Å². The monoisotopic (exact) mass is 246 g/mol. The predicted molar refractivity (Wildman–Crippen MR) is 78.0 cm³/mol. The molecule has 1 spiro atoms. The second-order valence-electron chi connectivity index (χ2n) is 5.14. The van der Waals surface area contributed by atoms with Gasteiger partial charge in [0.1, 0.15) is 11.4 Å². The Balaban J connectivity index is 1.76.